The Balaban J connectivity index is 2.58. The van der Waals surface area contributed by atoms with Gasteiger partial charge in [-0.15, -0.1) is 0 Å². The molecule has 0 bridgehead atoms. The maximum absolute atomic E-state index is 12.1. The lowest BCUT2D eigenvalue weighted by Gasteiger charge is -2.27. The van der Waals surface area contributed by atoms with Gasteiger partial charge in [0.05, 0.1) is 25.2 Å². The van der Waals surface area contributed by atoms with Crippen molar-refractivity contribution in [1.82, 2.24) is 0 Å². The molecule has 0 aliphatic carbocycles. The van der Waals surface area contributed by atoms with E-state index in [4.69, 9.17) is 19.9 Å². The van der Waals surface area contributed by atoms with E-state index in [1.54, 1.807) is 25.1 Å². The molecule has 1 aliphatic rings. The average molecular weight is 308 g/mol. The second-order valence-corrected chi connectivity index (χ2v) is 4.54. The van der Waals surface area contributed by atoms with Crippen molar-refractivity contribution in [2.75, 3.05) is 20.3 Å². The lowest BCUT2D eigenvalue weighted by Crippen LogP contribution is -2.30. The summed E-state index contributed by atoms with van der Waals surface area (Å²) in [6, 6.07) is 4.92. The van der Waals surface area contributed by atoms with Crippen molar-refractivity contribution in [2.24, 2.45) is 5.73 Å². The Morgan fingerprint density at radius 1 is 1.50 bits per heavy atom. The third kappa shape index (κ3) is 2.80. The van der Waals surface area contributed by atoms with Gasteiger partial charge in [0.25, 0.3) is 0 Å². The molecule has 0 amide bonds. The van der Waals surface area contributed by atoms with Gasteiger partial charge in [0.2, 0.25) is 12.4 Å². The van der Waals surface area contributed by atoms with Crippen LogP contribution in [0.1, 0.15) is 18.4 Å². The van der Waals surface area contributed by atoms with Crippen molar-refractivity contribution in [3.63, 3.8) is 0 Å². The number of rotatable bonds is 5. The van der Waals surface area contributed by atoms with Crippen molar-refractivity contribution in [3.8, 4) is 11.5 Å². The number of methoxy groups -OCH3 is 1. The quantitative estimate of drug-likeness (QED) is 0.493. The molecule has 8 nitrogen and oxygen atoms in total. The molecule has 1 aromatic rings. The van der Waals surface area contributed by atoms with Gasteiger partial charge in [0.15, 0.2) is 0 Å². The SMILES string of the molecule is CCOC(=O)C1=C(N)Oc2cccc(OC)c2[C@H]1C[N+](=O)[O-]. The predicted octanol–water partition coefficient (Wildman–Crippen LogP) is 1.18. The van der Waals surface area contributed by atoms with Crippen molar-refractivity contribution in [1.29, 1.82) is 0 Å². The van der Waals surface area contributed by atoms with Crippen LogP contribution in [0.2, 0.25) is 0 Å². The molecule has 1 heterocycles. The Hall–Kier alpha value is -2.77. The summed E-state index contributed by atoms with van der Waals surface area (Å²) in [6.45, 7) is 1.24. The van der Waals surface area contributed by atoms with E-state index in [1.807, 2.05) is 0 Å². The van der Waals surface area contributed by atoms with Crippen LogP contribution in [0, 0.1) is 10.1 Å². The third-order valence-corrected chi connectivity index (χ3v) is 3.26. The largest absolute Gasteiger partial charge is 0.496 e. The molecule has 1 aliphatic heterocycles. The monoisotopic (exact) mass is 308 g/mol. The highest BCUT2D eigenvalue weighted by Crippen LogP contribution is 2.43. The molecular formula is C14H16N2O6. The van der Waals surface area contributed by atoms with E-state index in [1.165, 1.54) is 7.11 Å². The molecule has 2 N–H and O–H groups in total. The number of hydrogen-bond donors (Lipinski definition) is 1. The van der Waals surface area contributed by atoms with Crippen LogP contribution < -0.4 is 15.2 Å². The summed E-state index contributed by atoms with van der Waals surface area (Å²) in [7, 11) is 1.44. The number of benzene rings is 1. The smallest absolute Gasteiger partial charge is 0.340 e. The van der Waals surface area contributed by atoms with Crippen LogP contribution in [0.3, 0.4) is 0 Å². The molecule has 0 radical (unpaired) electrons. The normalized spacial score (nSPS) is 16.5. The van der Waals surface area contributed by atoms with Gasteiger partial charge in [-0.1, -0.05) is 6.07 Å². The Bertz CT molecular complexity index is 640. The van der Waals surface area contributed by atoms with Crippen molar-refractivity contribution < 1.29 is 23.9 Å². The van der Waals surface area contributed by atoms with Crippen LogP contribution in [-0.2, 0) is 9.53 Å². The minimum absolute atomic E-state index is 0.0597. The van der Waals surface area contributed by atoms with Gasteiger partial charge < -0.3 is 19.9 Å². The Kier molecular flexibility index (Phi) is 4.50. The zero-order chi connectivity index (χ0) is 16.3. The number of ether oxygens (including phenoxy) is 3. The first-order valence-corrected chi connectivity index (χ1v) is 6.62. The molecule has 1 aromatic carbocycles. The third-order valence-electron chi connectivity index (χ3n) is 3.26. The van der Waals surface area contributed by atoms with E-state index >= 15 is 0 Å². The molecule has 118 valence electrons. The standard InChI is InChI=1S/C14H16N2O6/c1-3-21-14(17)12-8(7-16(18)19)11-9(20-2)5-4-6-10(11)22-13(12)15/h4-6,8H,3,7,15H2,1-2H3/t8-/m1/s1. The van der Waals surface area contributed by atoms with Crippen molar-refractivity contribution >= 4 is 5.97 Å². The first-order valence-electron chi connectivity index (χ1n) is 6.62. The highest BCUT2D eigenvalue weighted by Gasteiger charge is 2.39. The zero-order valence-electron chi connectivity index (χ0n) is 12.2. The van der Waals surface area contributed by atoms with Crippen LogP contribution in [0.5, 0.6) is 11.5 Å². The molecule has 0 unspecified atom stereocenters. The molecule has 2 rings (SSSR count). The number of carbonyl (C=O) groups excluding carboxylic acids is 1. The number of nitro groups is 1. The average Bonchev–Trinajstić information content (AvgIpc) is 2.45. The van der Waals surface area contributed by atoms with Crippen molar-refractivity contribution in [3.05, 3.63) is 45.3 Å². The highest BCUT2D eigenvalue weighted by atomic mass is 16.6. The van der Waals surface area contributed by atoms with Gasteiger partial charge in [0.1, 0.15) is 17.1 Å². The second kappa shape index (κ2) is 6.33. The highest BCUT2D eigenvalue weighted by molar-refractivity contribution is 5.92. The molecule has 0 spiro atoms. The lowest BCUT2D eigenvalue weighted by atomic mass is 9.88. The lowest BCUT2D eigenvalue weighted by molar-refractivity contribution is -0.482. The van der Waals surface area contributed by atoms with Crippen LogP contribution in [0.25, 0.3) is 0 Å². The predicted molar refractivity (Wildman–Crippen MR) is 76.1 cm³/mol. The maximum atomic E-state index is 12.1. The number of nitrogens with two attached hydrogens (primary N) is 1. The van der Waals surface area contributed by atoms with E-state index in [-0.39, 0.29) is 18.1 Å². The number of carbonyl (C=O) groups is 1. The molecule has 0 aromatic heterocycles. The summed E-state index contributed by atoms with van der Waals surface area (Å²) in [5.74, 6) is -1.10. The fourth-order valence-corrected chi connectivity index (χ4v) is 2.41. The number of fused-ring (bicyclic) bond motifs is 1. The van der Waals surface area contributed by atoms with Crippen LogP contribution in [-0.4, -0.2) is 31.2 Å². The summed E-state index contributed by atoms with van der Waals surface area (Å²) in [4.78, 5) is 22.6. The summed E-state index contributed by atoms with van der Waals surface area (Å²) in [5.41, 5.74) is 6.13. The van der Waals surface area contributed by atoms with Gasteiger partial charge in [-0.2, -0.15) is 0 Å². The zero-order valence-corrected chi connectivity index (χ0v) is 12.2. The Morgan fingerprint density at radius 2 is 2.23 bits per heavy atom. The minimum Gasteiger partial charge on any atom is -0.496 e. The van der Waals surface area contributed by atoms with Crippen LogP contribution in [0.15, 0.2) is 29.7 Å². The summed E-state index contributed by atoms with van der Waals surface area (Å²) in [6.07, 6.45) is 0. The molecular weight excluding hydrogens is 292 g/mol. The van der Waals surface area contributed by atoms with E-state index in [9.17, 15) is 14.9 Å². The molecule has 0 fully saturated rings. The van der Waals surface area contributed by atoms with Gasteiger partial charge in [-0.25, -0.2) is 4.79 Å². The van der Waals surface area contributed by atoms with Gasteiger partial charge >= 0.3 is 5.97 Å². The van der Waals surface area contributed by atoms with Crippen molar-refractivity contribution in [2.45, 2.75) is 12.8 Å². The topological polar surface area (TPSA) is 114 Å². The number of esters is 1. The van der Waals surface area contributed by atoms with Crippen LogP contribution in [0.4, 0.5) is 0 Å². The Labute approximate surface area is 126 Å². The summed E-state index contributed by atoms with van der Waals surface area (Å²) < 4.78 is 15.6. The Morgan fingerprint density at radius 3 is 2.82 bits per heavy atom. The van der Waals surface area contributed by atoms with E-state index < -0.39 is 23.4 Å². The molecule has 0 saturated heterocycles. The molecule has 8 heteroatoms. The number of hydrogen-bond acceptors (Lipinski definition) is 7. The maximum Gasteiger partial charge on any atom is 0.340 e. The first kappa shape index (κ1) is 15.6. The van der Waals surface area contributed by atoms with Gasteiger partial charge in [-0.3, -0.25) is 10.1 Å². The van der Waals surface area contributed by atoms with E-state index in [2.05, 4.69) is 0 Å². The second-order valence-electron chi connectivity index (χ2n) is 4.54. The molecule has 1 atom stereocenters. The van der Waals surface area contributed by atoms with E-state index in [0.717, 1.165) is 0 Å². The fraction of sp³-hybridized carbons (Fsp3) is 0.357. The fourth-order valence-electron chi connectivity index (χ4n) is 2.41. The van der Waals surface area contributed by atoms with Gasteiger partial charge in [-0.05, 0) is 19.1 Å². The molecule has 0 saturated carbocycles. The summed E-state index contributed by atoms with van der Waals surface area (Å²) in [5, 5.41) is 11.0. The van der Waals surface area contributed by atoms with Gasteiger partial charge in [0, 0.05) is 4.92 Å². The van der Waals surface area contributed by atoms with E-state index in [0.29, 0.717) is 17.1 Å². The summed E-state index contributed by atoms with van der Waals surface area (Å²) >= 11 is 0. The minimum atomic E-state index is -0.894. The molecule has 22 heavy (non-hydrogen) atoms. The van der Waals surface area contributed by atoms with Crippen LogP contribution >= 0.6 is 0 Å². The number of nitrogens with zero attached hydrogens (tertiary/aromatic N) is 1. The first-order chi connectivity index (χ1) is 10.5.